The summed E-state index contributed by atoms with van der Waals surface area (Å²) < 4.78 is 11.9. The molecule has 0 radical (unpaired) electrons. The van der Waals surface area contributed by atoms with Crippen LogP contribution >= 0.6 is 27.5 Å². The summed E-state index contributed by atoms with van der Waals surface area (Å²) in [4.78, 5) is 0. The topological polar surface area (TPSA) is 18.5 Å². The molecular weight excluding hydrogens is 291 g/mol. The van der Waals surface area contributed by atoms with Crippen LogP contribution < -0.4 is 4.74 Å². The van der Waals surface area contributed by atoms with E-state index in [1.807, 2.05) is 18.2 Å². The highest BCUT2D eigenvalue weighted by Gasteiger charge is 2.15. The fraction of sp³-hybridized carbons (Fsp3) is 0.500. The van der Waals surface area contributed by atoms with E-state index in [1.54, 1.807) is 0 Å². The number of ether oxygens (including phenoxy) is 2. The van der Waals surface area contributed by atoms with Crippen LogP contribution in [0.4, 0.5) is 0 Å². The third kappa shape index (κ3) is 3.12. The molecular formula is C12H14BrClO2. The van der Waals surface area contributed by atoms with E-state index >= 15 is 0 Å². The van der Waals surface area contributed by atoms with Gasteiger partial charge in [-0.2, -0.15) is 0 Å². The molecule has 2 rings (SSSR count). The lowest BCUT2D eigenvalue weighted by molar-refractivity contribution is 0.0497. The molecule has 16 heavy (non-hydrogen) atoms. The van der Waals surface area contributed by atoms with Gasteiger partial charge in [-0.1, -0.05) is 17.7 Å². The summed E-state index contributed by atoms with van der Waals surface area (Å²) in [6.45, 7) is 2.42. The molecule has 1 aromatic rings. The Morgan fingerprint density at radius 3 is 2.88 bits per heavy atom. The fourth-order valence-corrected chi connectivity index (χ4v) is 2.24. The first-order valence-corrected chi connectivity index (χ1v) is 6.59. The van der Waals surface area contributed by atoms with Crippen molar-refractivity contribution in [3.05, 3.63) is 27.7 Å². The Kier molecular flexibility index (Phi) is 4.50. The maximum Gasteiger partial charge on any atom is 0.139 e. The first kappa shape index (κ1) is 12.2. The lowest BCUT2D eigenvalue weighted by Crippen LogP contribution is -2.21. The first-order chi connectivity index (χ1) is 7.77. The van der Waals surface area contributed by atoms with Gasteiger partial charge >= 0.3 is 0 Å². The quantitative estimate of drug-likeness (QED) is 0.843. The smallest absolute Gasteiger partial charge is 0.139 e. The van der Waals surface area contributed by atoms with E-state index in [-0.39, 0.29) is 0 Å². The SMILES string of the molecule is Clc1c(Br)cccc1OCC1CCOCC1. The Morgan fingerprint density at radius 2 is 2.12 bits per heavy atom. The third-order valence-corrected chi connectivity index (χ3v) is 4.01. The van der Waals surface area contributed by atoms with Gasteiger partial charge in [-0.05, 0) is 46.8 Å². The van der Waals surface area contributed by atoms with Gasteiger partial charge in [0, 0.05) is 17.7 Å². The van der Waals surface area contributed by atoms with Gasteiger partial charge in [0.15, 0.2) is 0 Å². The van der Waals surface area contributed by atoms with Crippen molar-refractivity contribution in [3.63, 3.8) is 0 Å². The molecule has 0 unspecified atom stereocenters. The van der Waals surface area contributed by atoms with Crippen LogP contribution in [-0.2, 0) is 4.74 Å². The molecule has 88 valence electrons. The largest absolute Gasteiger partial charge is 0.492 e. The highest BCUT2D eigenvalue weighted by atomic mass is 79.9. The standard InChI is InChI=1S/C12H14BrClO2/c13-10-2-1-3-11(12(10)14)16-8-9-4-6-15-7-5-9/h1-3,9H,4-8H2. The summed E-state index contributed by atoms with van der Waals surface area (Å²) >= 11 is 9.49. The predicted molar refractivity (Wildman–Crippen MR) is 68.2 cm³/mol. The Labute approximate surface area is 109 Å². The summed E-state index contributed by atoms with van der Waals surface area (Å²) in [5.74, 6) is 1.34. The molecule has 0 amide bonds. The number of hydrogen-bond donors (Lipinski definition) is 0. The molecule has 1 saturated heterocycles. The van der Waals surface area contributed by atoms with Crippen LogP contribution in [0.2, 0.25) is 5.02 Å². The van der Waals surface area contributed by atoms with Crippen molar-refractivity contribution < 1.29 is 9.47 Å². The van der Waals surface area contributed by atoms with Gasteiger partial charge in [0.25, 0.3) is 0 Å². The molecule has 1 aliphatic heterocycles. The summed E-state index contributed by atoms with van der Waals surface area (Å²) in [6.07, 6.45) is 2.15. The van der Waals surface area contributed by atoms with Gasteiger partial charge in [-0.15, -0.1) is 0 Å². The lowest BCUT2D eigenvalue weighted by atomic mass is 10.0. The molecule has 4 heteroatoms. The Bertz CT molecular complexity index is 351. The molecule has 0 aliphatic carbocycles. The summed E-state index contributed by atoms with van der Waals surface area (Å²) in [5, 5.41) is 0.648. The van der Waals surface area contributed by atoms with Crippen molar-refractivity contribution in [2.24, 2.45) is 5.92 Å². The monoisotopic (exact) mass is 304 g/mol. The Hall–Kier alpha value is -0.250. The molecule has 0 aromatic heterocycles. The maximum atomic E-state index is 6.11. The molecule has 0 spiro atoms. The molecule has 2 nitrogen and oxygen atoms in total. The molecule has 1 fully saturated rings. The van der Waals surface area contributed by atoms with Crippen LogP contribution in [0, 0.1) is 5.92 Å². The van der Waals surface area contributed by atoms with Crippen LogP contribution in [0.5, 0.6) is 5.75 Å². The summed E-state index contributed by atoms with van der Waals surface area (Å²) in [5.41, 5.74) is 0. The van der Waals surface area contributed by atoms with Crippen molar-refractivity contribution in [2.75, 3.05) is 19.8 Å². The van der Waals surface area contributed by atoms with Crippen LogP contribution in [0.1, 0.15) is 12.8 Å². The number of benzene rings is 1. The van der Waals surface area contributed by atoms with E-state index in [0.29, 0.717) is 10.9 Å². The van der Waals surface area contributed by atoms with E-state index in [2.05, 4.69) is 15.9 Å². The molecule has 1 aliphatic rings. The minimum Gasteiger partial charge on any atom is -0.492 e. The zero-order valence-electron chi connectivity index (χ0n) is 8.92. The lowest BCUT2D eigenvalue weighted by Gasteiger charge is -2.22. The average molecular weight is 306 g/mol. The van der Waals surface area contributed by atoms with Gasteiger partial charge in [-0.25, -0.2) is 0 Å². The normalized spacial score (nSPS) is 17.4. The van der Waals surface area contributed by atoms with E-state index in [4.69, 9.17) is 21.1 Å². The van der Waals surface area contributed by atoms with Gasteiger partial charge < -0.3 is 9.47 Å². The second-order valence-corrected chi connectivity index (χ2v) is 5.15. The Morgan fingerprint density at radius 1 is 1.38 bits per heavy atom. The predicted octanol–water partition coefficient (Wildman–Crippen LogP) is 3.91. The zero-order chi connectivity index (χ0) is 11.4. The minimum absolute atomic E-state index is 0.587. The molecule has 0 N–H and O–H groups in total. The van der Waals surface area contributed by atoms with Crippen LogP contribution in [0.15, 0.2) is 22.7 Å². The third-order valence-electron chi connectivity index (χ3n) is 2.73. The maximum absolute atomic E-state index is 6.11. The van der Waals surface area contributed by atoms with Crippen molar-refractivity contribution in [1.29, 1.82) is 0 Å². The number of rotatable bonds is 3. The molecule has 0 bridgehead atoms. The van der Waals surface area contributed by atoms with Crippen molar-refractivity contribution in [1.82, 2.24) is 0 Å². The van der Waals surface area contributed by atoms with Gasteiger partial charge in [0.05, 0.1) is 11.6 Å². The summed E-state index contributed by atoms with van der Waals surface area (Å²) in [7, 11) is 0. The van der Waals surface area contributed by atoms with Crippen molar-refractivity contribution in [2.45, 2.75) is 12.8 Å². The minimum atomic E-state index is 0.587. The van der Waals surface area contributed by atoms with Crippen LogP contribution in [-0.4, -0.2) is 19.8 Å². The van der Waals surface area contributed by atoms with E-state index in [1.165, 1.54) is 0 Å². The first-order valence-electron chi connectivity index (χ1n) is 5.42. The van der Waals surface area contributed by atoms with E-state index in [0.717, 1.165) is 42.9 Å². The second kappa shape index (κ2) is 5.89. The van der Waals surface area contributed by atoms with Crippen LogP contribution in [0.25, 0.3) is 0 Å². The van der Waals surface area contributed by atoms with E-state index in [9.17, 15) is 0 Å². The van der Waals surface area contributed by atoms with Crippen LogP contribution in [0.3, 0.4) is 0 Å². The van der Waals surface area contributed by atoms with Gasteiger partial charge in [0.1, 0.15) is 5.75 Å². The zero-order valence-corrected chi connectivity index (χ0v) is 11.3. The fourth-order valence-electron chi connectivity index (χ4n) is 1.72. The highest BCUT2D eigenvalue weighted by molar-refractivity contribution is 9.10. The van der Waals surface area contributed by atoms with Gasteiger partial charge in [0.2, 0.25) is 0 Å². The molecule has 1 aromatic carbocycles. The molecule has 0 saturated carbocycles. The average Bonchev–Trinajstić information content (AvgIpc) is 2.32. The highest BCUT2D eigenvalue weighted by Crippen LogP contribution is 2.32. The second-order valence-electron chi connectivity index (χ2n) is 3.92. The Balaban J connectivity index is 1.91. The number of halogens is 2. The summed E-state index contributed by atoms with van der Waals surface area (Å²) in [6, 6.07) is 5.73. The molecule has 1 heterocycles. The van der Waals surface area contributed by atoms with Crippen molar-refractivity contribution in [3.8, 4) is 5.75 Å². The van der Waals surface area contributed by atoms with Gasteiger partial charge in [-0.3, -0.25) is 0 Å². The van der Waals surface area contributed by atoms with Crippen molar-refractivity contribution >= 4 is 27.5 Å². The number of hydrogen-bond acceptors (Lipinski definition) is 2. The molecule has 0 atom stereocenters. The van der Waals surface area contributed by atoms with E-state index < -0.39 is 0 Å².